The quantitative estimate of drug-likeness (QED) is 0.504. The second kappa shape index (κ2) is 9.74. The number of benzene rings is 1. The predicted octanol–water partition coefficient (Wildman–Crippen LogP) is 3.46. The molecular weight excluding hydrogens is 371 g/mol. The van der Waals surface area contributed by atoms with E-state index in [0.717, 1.165) is 15.6 Å². The van der Waals surface area contributed by atoms with Crippen LogP contribution in [0, 0.1) is 3.57 Å². The second-order valence-corrected chi connectivity index (χ2v) is 5.49. The van der Waals surface area contributed by atoms with Gasteiger partial charge in [0.1, 0.15) is 6.61 Å². The molecule has 0 spiro atoms. The molecule has 20 heavy (non-hydrogen) atoms. The zero-order chi connectivity index (χ0) is 14.8. The van der Waals surface area contributed by atoms with Crippen LogP contribution in [0.4, 0.5) is 0 Å². The largest absolute Gasteiger partial charge is 0.466 e. The third-order valence-corrected chi connectivity index (χ3v) is 3.63. The fraction of sp³-hybridized carbons (Fsp3) is 0.467. The molecule has 0 saturated heterocycles. The highest BCUT2D eigenvalue weighted by molar-refractivity contribution is 14.1. The summed E-state index contributed by atoms with van der Waals surface area (Å²) in [5, 5.41) is 0. The van der Waals surface area contributed by atoms with Crippen LogP contribution in [-0.2, 0) is 25.7 Å². The minimum atomic E-state index is -0.284. The van der Waals surface area contributed by atoms with Gasteiger partial charge in [0.25, 0.3) is 0 Å². The fourth-order valence-corrected chi connectivity index (χ4v) is 2.05. The second-order valence-electron chi connectivity index (χ2n) is 4.33. The van der Waals surface area contributed by atoms with Gasteiger partial charge in [-0.2, -0.15) is 0 Å². The number of rotatable bonds is 8. The summed E-state index contributed by atoms with van der Waals surface area (Å²) in [7, 11) is 0. The van der Waals surface area contributed by atoms with Crippen LogP contribution >= 0.6 is 22.6 Å². The summed E-state index contributed by atoms with van der Waals surface area (Å²) in [4.78, 5) is 22.8. The number of esters is 2. The number of carbonyl (C=O) groups is 2. The predicted molar refractivity (Wildman–Crippen MR) is 84.1 cm³/mol. The highest BCUT2D eigenvalue weighted by Crippen LogP contribution is 2.13. The van der Waals surface area contributed by atoms with E-state index >= 15 is 0 Å². The van der Waals surface area contributed by atoms with E-state index < -0.39 is 0 Å². The minimum absolute atomic E-state index is 0.241. The normalized spacial score (nSPS) is 10.1. The number of carbonyl (C=O) groups excluding carboxylic acids is 2. The zero-order valence-corrected chi connectivity index (χ0v) is 13.7. The van der Waals surface area contributed by atoms with Crippen LogP contribution < -0.4 is 0 Å². The first-order valence-corrected chi connectivity index (χ1v) is 7.76. The Morgan fingerprint density at radius 1 is 1.10 bits per heavy atom. The summed E-state index contributed by atoms with van der Waals surface area (Å²) in [6.45, 7) is 2.66. The first-order valence-electron chi connectivity index (χ1n) is 6.68. The molecule has 1 aromatic carbocycles. The molecule has 0 aliphatic carbocycles. The summed E-state index contributed by atoms with van der Waals surface area (Å²) in [5.41, 5.74) is 0.990. The first kappa shape index (κ1) is 16.9. The highest BCUT2D eigenvalue weighted by atomic mass is 127. The molecule has 0 aliphatic rings. The summed E-state index contributed by atoms with van der Waals surface area (Å²) >= 11 is 2.20. The third kappa shape index (κ3) is 6.88. The van der Waals surface area contributed by atoms with E-state index in [0.29, 0.717) is 13.0 Å². The molecule has 0 heterocycles. The van der Waals surface area contributed by atoms with Crippen molar-refractivity contribution in [3.05, 3.63) is 33.4 Å². The van der Waals surface area contributed by atoms with E-state index in [2.05, 4.69) is 22.6 Å². The molecule has 0 N–H and O–H groups in total. The highest BCUT2D eigenvalue weighted by Gasteiger charge is 2.08. The Morgan fingerprint density at radius 2 is 1.75 bits per heavy atom. The van der Waals surface area contributed by atoms with Crippen molar-refractivity contribution < 1.29 is 19.1 Å². The Hall–Kier alpha value is -1.11. The maximum atomic E-state index is 11.5. The summed E-state index contributed by atoms with van der Waals surface area (Å²) in [6, 6.07) is 7.74. The lowest BCUT2D eigenvalue weighted by Crippen LogP contribution is -2.08. The molecule has 0 saturated carbocycles. The maximum Gasteiger partial charge on any atom is 0.306 e. The monoisotopic (exact) mass is 390 g/mol. The Morgan fingerprint density at radius 3 is 2.40 bits per heavy atom. The van der Waals surface area contributed by atoms with Gasteiger partial charge in [0.2, 0.25) is 0 Å². The zero-order valence-electron chi connectivity index (χ0n) is 11.6. The molecule has 0 radical (unpaired) electrons. The fourth-order valence-electron chi connectivity index (χ4n) is 1.51. The Bertz CT molecular complexity index is 445. The van der Waals surface area contributed by atoms with Gasteiger partial charge in [-0.05, 0) is 41.5 Å². The molecule has 0 fully saturated rings. The van der Waals surface area contributed by atoms with E-state index in [1.165, 1.54) is 0 Å². The van der Waals surface area contributed by atoms with Crippen LogP contribution in [0.1, 0.15) is 38.2 Å². The lowest BCUT2D eigenvalue weighted by Gasteiger charge is -2.06. The molecule has 5 heteroatoms. The Kier molecular flexibility index (Phi) is 8.25. The van der Waals surface area contributed by atoms with Crippen molar-refractivity contribution in [1.82, 2.24) is 0 Å². The summed E-state index contributed by atoms with van der Waals surface area (Å²) < 4.78 is 11.2. The van der Waals surface area contributed by atoms with Gasteiger partial charge in [0, 0.05) is 22.0 Å². The van der Waals surface area contributed by atoms with Crippen LogP contribution in [0.2, 0.25) is 0 Å². The lowest BCUT2D eigenvalue weighted by atomic mass is 10.2. The molecule has 0 amide bonds. The van der Waals surface area contributed by atoms with Crippen molar-refractivity contribution in [2.45, 2.75) is 39.2 Å². The molecule has 0 unspecified atom stereocenters. The van der Waals surface area contributed by atoms with Crippen LogP contribution in [0.25, 0.3) is 0 Å². The molecule has 1 aromatic rings. The van der Waals surface area contributed by atoms with Crippen molar-refractivity contribution in [1.29, 1.82) is 0 Å². The van der Waals surface area contributed by atoms with Crippen molar-refractivity contribution in [2.75, 3.05) is 6.61 Å². The molecule has 0 bridgehead atoms. The SMILES string of the molecule is CCCOC(=O)CCCC(=O)OCc1ccccc1I. The van der Waals surface area contributed by atoms with Crippen LogP contribution in [-0.4, -0.2) is 18.5 Å². The van der Waals surface area contributed by atoms with E-state index in [1.54, 1.807) is 0 Å². The van der Waals surface area contributed by atoms with Crippen molar-refractivity contribution in [3.63, 3.8) is 0 Å². The van der Waals surface area contributed by atoms with Crippen LogP contribution in [0.15, 0.2) is 24.3 Å². The van der Waals surface area contributed by atoms with Crippen LogP contribution in [0.5, 0.6) is 0 Å². The molecule has 4 nitrogen and oxygen atoms in total. The standard InChI is InChI=1S/C15H19IO4/c1-2-10-19-14(17)8-5-9-15(18)20-11-12-6-3-4-7-13(12)16/h3-4,6-7H,2,5,8-11H2,1H3. The van der Waals surface area contributed by atoms with Crippen molar-refractivity contribution >= 4 is 34.5 Å². The van der Waals surface area contributed by atoms with Gasteiger partial charge in [-0.3, -0.25) is 9.59 Å². The molecule has 0 aromatic heterocycles. The molecular formula is C15H19IO4. The maximum absolute atomic E-state index is 11.5. The smallest absolute Gasteiger partial charge is 0.306 e. The Labute approximate surface area is 133 Å². The average Bonchev–Trinajstić information content (AvgIpc) is 2.44. The molecule has 1 rings (SSSR count). The van der Waals surface area contributed by atoms with Gasteiger partial charge in [-0.25, -0.2) is 0 Å². The summed E-state index contributed by atoms with van der Waals surface area (Å²) in [5.74, 6) is -0.537. The number of hydrogen-bond acceptors (Lipinski definition) is 4. The Balaban J connectivity index is 2.18. The minimum Gasteiger partial charge on any atom is -0.466 e. The topological polar surface area (TPSA) is 52.6 Å². The number of ether oxygens (including phenoxy) is 2. The lowest BCUT2D eigenvalue weighted by molar-refractivity contribution is -0.146. The van der Waals surface area contributed by atoms with Crippen molar-refractivity contribution in [3.8, 4) is 0 Å². The van der Waals surface area contributed by atoms with E-state index in [9.17, 15) is 9.59 Å². The van der Waals surface area contributed by atoms with Gasteiger partial charge in [-0.1, -0.05) is 25.1 Å². The third-order valence-electron chi connectivity index (χ3n) is 2.58. The van der Waals surface area contributed by atoms with Gasteiger partial charge >= 0.3 is 11.9 Å². The molecule has 0 aliphatic heterocycles. The first-order chi connectivity index (χ1) is 9.63. The van der Waals surface area contributed by atoms with Crippen molar-refractivity contribution in [2.24, 2.45) is 0 Å². The molecule has 0 atom stereocenters. The summed E-state index contributed by atoms with van der Waals surface area (Å²) in [6.07, 6.45) is 1.78. The van der Waals surface area contributed by atoms with Gasteiger partial charge in [0.05, 0.1) is 6.61 Å². The van der Waals surface area contributed by atoms with Gasteiger partial charge < -0.3 is 9.47 Å². The number of hydrogen-bond donors (Lipinski definition) is 0. The van der Waals surface area contributed by atoms with E-state index in [1.807, 2.05) is 31.2 Å². The number of halogens is 1. The van der Waals surface area contributed by atoms with Gasteiger partial charge in [-0.15, -0.1) is 0 Å². The molecule has 110 valence electrons. The average molecular weight is 390 g/mol. The van der Waals surface area contributed by atoms with E-state index in [-0.39, 0.29) is 31.4 Å². The van der Waals surface area contributed by atoms with E-state index in [4.69, 9.17) is 9.47 Å². The van der Waals surface area contributed by atoms with Crippen LogP contribution in [0.3, 0.4) is 0 Å². The van der Waals surface area contributed by atoms with Gasteiger partial charge in [0.15, 0.2) is 0 Å².